The van der Waals surface area contributed by atoms with E-state index in [1.807, 2.05) is 42.5 Å². The third-order valence-corrected chi connectivity index (χ3v) is 4.90. The molecule has 0 unspecified atom stereocenters. The molecule has 1 aromatic heterocycles. The van der Waals surface area contributed by atoms with Crippen LogP contribution in [0.1, 0.15) is 5.76 Å². The van der Waals surface area contributed by atoms with Crippen molar-refractivity contribution in [2.24, 2.45) is 0 Å². The summed E-state index contributed by atoms with van der Waals surface area (Å²) < 4.78 is 5.76. The van der Waals surface area contributed by atoms with Crippen molar-refractivity contribution < 1.29 is 9.21 Å². The summed E-state index contributed by atoms with van der Waals surface area (Å²) in [4.78, 5) is 12.7. The van der Waals surface area contributed by atoms with Crippen LogP contribution in [0.5, 0.6) is 0 Å². The molecule has 0 fully saturated rings. The quantitative estimate of drug-likeness (QED) is 0.280. The van der Waals surface area contributed by atoms with E-state index in [9.17, 15) is 10.1 Å². The molecule has 0 aliphatic rings. The number of hydrogen-bond acceptors (Lipinski definition) is 3. The molecular formula is C24H14Cl2N2O2. The van der Waals surface area contributed by atoms with Gasteiger partial charge in [0.1, 0.15) is 23.2 Å². The number of amides is 1. The van der Waals surface area contributed by atoms with Crippen LogP contribution in [0.15, 0.2) is 82.8 Å². The zero-order valence-corrected chi connectivity index (χ0v) is 17.0. The molecule has 0 saturated carbocycles. The number of fused-ring (bicyclic) bond motifs is 1. The number of benzene rings is 3. The fourth-order valence-corrected chi connectivity index (χ4v) is 3.62. The normalized spacial score (nSPS) is 11.3. The maximum Gasteiger partial charge on any atom is 0.266 e. The molecule has 0 aliphatic carbocycles. The number of hydrogen-bond donors (Lipinski definition) is 1. The number of nitriles is 1. The Morgan fingerprint density at radius 2 is 1.70 bits per heavy atom. The molecule has 30 heavy (non-hydrogen) atoms. The number of nitrogens with one attached hydrogen (secondary N) is 1. The number of nitrogens with zero attached hydrogens (tertiary/aromatic N) is 1. The third kappa shape index (κ3) is 4.23. The molecule has 0 aliphatic heterocycles. The largest absolute Gasteiger partial charge is 0.457 e. The smallest absolute Gasteiger partial charge is 0.266 e. The van der Waals surface area contributed by atoms with Gasteiger partial charge in [-0.3, -0.25) is 4.79 Å². The second-order valence-electron chi connectivity index (χ2n) is 6.51. The van der Waals surface area contributed by atoms with E-state index in [-0.39, 0.29) is 5.57 Å². The second kappa shape index (κ2) is 8.46. The van der Waals surface area contributed by atoms with Crippen molar-refractivity contribution in [3.63, 3.8) is 0 Å². The monoisotopic (exact) mass is 432 g/mol. The zero-order valence-electron chi connectivity index (χ0n) is 15.5. The van der Waals surface area contributed by atoms with Crippen LogP contribution in [-0.4, -0.2) is 5.91 Å². The lowest BCUT2D eigenvalue weighted by molar-refractivity contribution is -0.112. The predicted molar refractivity (Wildman–Crippen MR) is 120 cm³/mol. The van der Waals surface area contributed by atoms with Gasteiger partial charge in [0.05, 0.1) is 0 Å². The van der Waals surface area contributed by atoms with Crippen molar-refractivity contribution >= 4 is 51.6 Å². The molecule has 3 aromatic carbocycles. The summed E-state index contributed by atoms with van der Waals surface area (Å²) in [6.45, 7) is 0. The number of furan rings is 1. The van der Waals surface area contributed by atoms with E-state index in [0.29, 0.717) is 32.8 Å². The standard InChI is InChI=1S/C24H14Cl2N2O2/c25-18-10-16(11-19(26)13-18)23-9-8-20(30-23)12-17(14-27)24(29)28-22-7-3-5-15-4-1-2-6-21(15)22/h1-13H,(H,28,29)/b17-12+. The van der Waals surface area contributed by atoms with Gasteiger partial charge in [-0.15, -0.1) is 0 Å². The minimum absolute atomic E-state index is 0.0760. The summed E-state index contributed by atoms with van der Waals surface area (Å²) in [5.74, 6) is 0.376. The predicted octanol–water partition coefficient (Wildman–Crippen LogP) is 6.95. The van der Waals surface area contributed by atoms with E-state index in [2.05, 4.69) is 5.32 Å². The molecule has 1 heterocycles. The van der Waals surface area contributed by atoms with Gasteiger partial charge in [0, 0.05) is 32.8 Å². The van der Waals surface area contributed by atoms with Crippen LogP contribution in [0, 0.1) is 11.3 Å². The van der Waals surface area contributed by atoms with Gasteiger partial charge in [0.15, 0.2) is 0 Å². The van der Waals surface area contributed by atoms with Crippen LogP contribution in [0.2, 0.25) is 10.0 Å². The van der Waals surface area contributed by atoms with Gasteiger partial charge < -0.3 is 9.73 Å². The SMILES string of the molecule is N#C/C(=C\c1ccc(-c2cc(Cl)cc(Cl)c2)o1)C(=O)Nc1cccc2ccccc12. The first-order valence-corrected chi connectivity index (χ1v) is 9.76. The highest BCUT2D eigenvalue weighted by Crippen LogP contribution is 2.29. The van der Waals surface area contributed by atoms with Crippen LogP contribution >= 0.6 is 23.2 Å². The highest BCUT2D eigenvalue weighted by Gasteiger charge is 2.13. The number of halogens is 2. The van der Waals surface area contributed by atoms with E-state index in [4.69, 9.17) is 27.6 Å². The molecule has 4 rings (SSSR count). The number of carbonyl (C=O) groups is 1. The fraction of sp³-hybridized carbons (Fsp3) is 0. The van der Waals surface area contributed by atoms with Crippen LogP contribution in [0.3, 0.4) is 0 Å². The minimum atomic E-state index is -0.516. The van der Waals surface area contributed by atoms with E-state index in [0.717, 1.165) is 10.8 Å². The van der Waals surface area contributed by atoms with E-state index in [1.54, 1.807) is 36.4 Å². The molecule has 0 spiro atoms. The maximum absolute atomic E-state index is 12.7. The molecule has 4 aromatic rings. The summed E-state index contributed by atoms with van der Waals surface area (Å²) in [6.07, 6.45) is 1.40. The molecule has 1 N–H and O–H groups in total. The van der Waals surface area contributed by atoms with Crippen LogP contribution in [0.25, 0.3) is 28.2 Å². The highest BCUT2D eigenvalue weighted by molar-refractivity contribution is 6.35. The Hall–Kier alpha value is -3.52. The Labute approximate surface area is 183 Å². The summed E-state index contributed by atoms with van der Waals surface area (Å²) in [5, 5.41) is 15.1. The average molecular weight is 433 g/mol. The zero-order chi connectivity index (χ0) is 21.1. The lowest BCUT2D eigenvalue weighted by Gasteiger charge is -2.08. The van der Waals surface area contributed by atoms with Crippen molar-refractivity contribution in [2.45, 2.75) is 0 Å². The summed E-state index contributed by atoms with van der Waals surface area (Å²) in [5.41, 5.74) is 1.26. The van der Waals surface area contributed by atoms with Crippen LogP contribution in [-0.2, 0) is 4.79 Å². The van der Waals surface area contributed by atoms with Crippen LogP contribution in [0.4, 0.5) is 5.69 Å². The Bertz CT molecular complexity index is 1310. The van der Waals surface area contributed by atoms with Gasteiger partial charge in [0.2, 0.25) is 0 Å². The Morgan fingerprint density at radius 1 is 0.967 bits per heavy atom. The second-order valence-corrected chi connectivity index (χ2v) is 7.38. The molecule has 0 radical (unpaired) electrons. The molecule has 4 nitrogen and oxygen atoms in total. The van der Waals surface area contributed by atoms with Gasteiger partial charge in [-0.1, -0.05) is 59.6 Å². The first-order chi connectivity index (χ1) is 14.5. The van der Waals surface area contributed by atoms with E-state index >= 15 is 0 Å². The van der Waals surface area contributed by atoms with Crippen molar-refractivity contribution in [1.82, 2.24) is 0 Å². The Kier molecular flexibility index (Phi) is 5.58. The van der Waals surface area contributed by atoms with Crippen LogP contribution < -0.4 is 5.32 Å². The molecule has 6 heteroatoms. The fourth-order valence-electron chi connectivity index (χ4n) is 3.10. The molecule has 146 valence electrons. The van der Waals surface area contributed by atoms with E-state index in [1.165, 1.54) is 6.08 Å². The number of rotatable bonds is 4. The Balaban J connectivity index is 1.60. The highest BCUT2D eigenvalue weighted by atomic mass is 35.5. The van der Waals surface area contributed by atoms with Gasteiger partial charge in [-0.2, -0.15) is 5.26 Å². The topological polar surface area (TPSA) is 66.0 Å². The lowest BCUT2D eigenvalue weighted by Crippen LogP contribution is -2.13. The van der Waals surface area contributed by atoms with Gasteiger partial charge >= 0.3 is 0 Å². The first-order valence-electron chi connectivity index (χ1n) is 9.01. The minimum Gasteiger partial charge on any atom is -0.457 e. The Morgan fingerprint density at radius 3 is 2.47 bits per heavy atom. The summed E-state index contributed by atoms with van der Waals surface area (Å²) >= 11 is 12.1. The van der Waals surface area contributed by atoms with E-state index < -0.39 is 5.91 Å². The number of anilines is 1. The van der Waals surface area contributed by atoms with Crippen molar-refractivity contribution in [1.29, 1.82) is 5.26 Å². The molecule has 0 saturated heterocycles. The van der Waals surface area contributed by atoms with Gasteiger partial charge in [0.25, 0.3) is 5.91 Å². The van der Waals surface area contributed by atoms with Crippen molar-refractivity contribution in [2.75, 3.05) is 5.32 Å². The molecule has 1 amide bonds. The molecular weight excluding hydrogens is 419 g/mol. The maximum atomic E-state index is 12.7. The van der Waals surface area contributed by atoms with Gasteiger partial charge in [-0.05, 0) is 41.8 Å². The summed E-state index contributed by atoms with van der Waals surface area (Å²) in [6, 6.07) is 23.7. The molecule has 0 atom stereocenters. The lowest BCUT2D eigenvalue weighted by atomic mass is 10.1. The van der Waals surface area contributed by atoms with Crippen molar-refractivity contribution in [3.05, 3.63) is 94.2 Å². The average Bonchev–Trinajstić information content (AvgIpc) is 3.20. The third-order valence-electron chi connectivity index (χ3n) is 4.46. The summed E-state index contributed by atoms with van der Waals surface area (Å²) in [7, 11) is 0. The molecule has 0 bridgehead atoms. The van der Waals surface area contributed by atoms with Crippen molar-refractivity contribution in [3.8, 4) is 17.4 Å². The first kappa shape index (κ1) is 19.8. The van der Waals surface area contributed by atoms with Gasteiger partial charge in [-0.25, -0.2) is 0 Å². The number of carbonyl (C=O) groups excluding carboxylic acids is 1.